The van der Waals surface area contributed by atoms with Gasteiger partial charge in [-0.2, -0.15) is 0 Å². The lowest BCUT2D eigenvalue weighted by molar-refractivity contribution is 0.100. The van der Waals surface area contributed by atoms with Gasteiger partial charge in [0.2, 0.25) is 0 Å². The van der Waals surface area contributed by atoms with Crippen molar-refractivity contribution in [1.82, 2.24) is 0 Å². The molecule has 1 aliphatic rings. The first kappa shape index (κ1) is 13.4. The Morgan fingerprint density at radius 3 is 2.67 bits per heavy atom. The summed E-state index contributed by atoms with van der Waals surface area (Å²) in [6.45, 7) is 0.204. The molecule has 0 unspecified atom stereocenters. The number of rotatable bonds is 2. The highest BCUT2D eigenvalue weighted by Crippen LogP contribution is 2.31. The fourth-order valence-electron chi connectivity index (χ4n) is 2.20. The van der Waals surface area contributed by atoms with Gasteiger partial charge >= 0.3 is 0 Å². The number of halogens is 1. The summed E-state index contributed by atoms with van der Waals surface area (Å²) in [4.78, 5) is 12.5. The summed E-state index contributed by atoms with van der Waals surface area (Å²) in [6.07, 6.45) is 1.71. The summed E-state index contributed by atoms with van der Waals surface area (Å²) < 4.78 is 23.6. The van der Waals surface area contributed by atoms with Crippen LogP contribution >= 0.6 is 0 Å². The Kier molecular flexibility index (Phi) is 3.44. The molecule has 0 N–H and O–H groups in total. The summed E-state index contributed by atoms with van der Waals surface area (Å²) in [5, 5.41) is 0. The molecule has 1 heterocycles. The molecule has 0 radical (unpaired) electrons. The van der Waals surface area contributed by atoms with Gasteiger partial charge in [-0.05, 0) is 42.0 Å². The molecule has 0 saturated heterocycles. The lowest BCUT2D eigenvalue weighted by atomic mass is 9.98. The number of carbonyl (C=O) groups excluding carboxylic acids is 1. The van der Waals surface area contributed by atoms with E-state index in [1.54, 1.807) is 43.5 Å². The molecule has 0 aromatic heterocycles. The van der Waals surface area contributed by atoms with E-state index >= 15 is 0 Å². The van der Waals surface area contributed by atoms with Crippen molar-refractivity contribution in [1.29, 1.82) is 0 Å². The molecular weight excluding hydrogens is 271 g/mol. The van der Waals surface area contributed by atoms with Crippen LogP contribution in [-0.4, -0.2) is 19.5 Å². The van der Waals surface area contributed by atoms with Crippen LogP contribution in [0.25, 0.3) is 6.08 Å². The van der Waals surface area contributed by atoms with E-state index in [0.717, 1.165) is 5.56 Å². The third kappa shape index (κ3) is 2.65. The van der Waals surface area contributed by atoms with Crippen LogP contribution in [0.1, 0.15) is 15.9 Å². The van der Waals surface area contributed by atoms with E-state index < -0.39 is 0 Å². The second-order valence-corrected chi connectivity index (χ2v) is 4.70. The Labute approximate surface area is 121 Å². The van der Waals surface area contributed by atoms with Crippen molar-refractivity contribution in [3.63, 3.8) is 0 Å². The zero-order valence-electron chi connectivity index (χ0n) is 11.4. The van der Waals surface area contributed by atoms with Crippen LogP contribution in [0.4, 0.5) is 4.39 Å². The number of fused-ring (bicyclic) bond motifs is 1. The topological polar surface area (TPSA) is 35.5 Å². The minimum Gasteiger partial charge on any atom is -0.497 e. The molecule has 0 saturated carbocycles. The van der Waals surface area contributed by atoms with Gasteiger partial charge < -0.3 is 9.47 Å². The van der Waals surface area contributed by atoms with Crippen molar-refractivity contribution in [2.75, 3.05) is 13.7 Å². The molecule has 0 bridgehead atoms. The van der Waals surface area contributed by atoms with E-state index in [4.69, 9.17) is 9.47 Å². The summed E-state index contributed by atoms with van der Waals surface area (Å²) in [7, 11) is 1.55. The number of hydrogen-bond acceptors (Lipinski definition) is 3. The molecule has 2 aromatic carbocycles. The number of carbonyl (C=O) groups is 1. The Balaban J connectivity index is 1.96. The van der Waals surface area contributed by atoms with Crippen LogP contribution in [0.3, 0.4) is 0 Å². The molecule has 21 heavy (non-hydrogen) atoms. The molecule has 3 nitrogen and oxygen atoms in total. The quantitative estimate of drug-likeness (QED) is 0.792. The summed E-state index contributed by atoms with van der Waals surface area (Å²) in [5.41, 5.74) is 1.77. The standard InChI is InChI=1S/C17H13FO3/c1-20-14-6-7-16-15(9-14)17(19)12(10-21-16)8-11-2-4-13(18)5-3-11/h2-9H,10H2,1H3. The van der Waals surface area contributed by atoms with E-state index in [2.05, 4.69) is 0 Å². The lowest BCUT2D eigenvalue weighted by Gasteiger charge is -2.19. The largest absolute Gasteiger partial charge is 0.497 e. The molecular formula is C17H13FO3. The SMILES string of the molecule is COc1ccc2c(c1)C(=O)C(=Cc1ccc(F)cc1)CO2. The van der Waals surface area contributed by atoms with Crippen LogP contribution in [-0.2, 0) is 0 Å². The van der Waals surface area contributed by atoms with Crippen LogP contribution < -0.4 is 9.47 Å². The number of Topliss-reactive ketones (excluding diaryl/α,β-unsaturated/α-hetero) is 1. The predicted octanol–water partition coefficient (Wildman–Crippen LogP) is 3.49. The van der Waals surface area contributed by atoms with Crippen molar-refractivity contribution < 1.29 is 18.7 Å². The Morgan fingerprint density at radius 2 is 1.95 bits per heavy atom. The molecule has 1 aliphatic heterocycles. The summed E-state index contributed by atoms with van der Waals surface area (Å²) in [5.74, 6) is 0.753. The fraction of sp³-hybridized carbons (Fsp3) is 0.118. The van der Waals surface area contributed by atoms with Gasteiger partial charge in [-0.1, -0.05) is 12.1 Å². The van der Waals surface area contributed by atoms with Crippen molar-refractivity contribution in [3.8, 4) is 11.5 Å². The highest BCUT2D eigenvalue weighted by Gasteiger charge is 2.23. The first-order valence-electron chi connectivity index (χ1n) is 6.49. The van der Waals surface area contributed by atoms with E-state index in [1.807, 2.05) is 0 Å². The maximum absolute atomic E-state index is 12.9. The monoisotopic (exact) mass is 284 g/mol. The minimum absolute atomic E-state index is 0.0977. The Hall–Kier alpha value is -2.62. The molecule has 0 aliphatic carbocycles. The van der Waals surface area contributed by atoms with Crippen molar-refractivity contribution >= 4 is 11.9 Å². The average Bonchev–Trinajstić information content (AvgIpc) is 2.52. The van der Waals surface area contributed by atoms with E-state index in [1.165, 1.54) is 12.1 Å². The second-order valence-electron chi connectivity index (χ2n) is 4.70. The van der Waals surface area contributed by atoms with Crippen molar-refractivity contribution in [2.24, 2.45) is 0 Å². The molecule has 3 rings (SSSR count). The van der Waals surface area contributed by atoms with Crippen LogP contribution in [0.15, 0.2) is 48.0 Å². The van der Waals surface area contributed by atoms with Crippen molar-refractivity contribution in [2.45, 2.75) is 0 Å². The van der Waals surface area contributed by atoms with Gasteiger partial charge in [0.1, 0.15) is 23.9 Å². The van der Waals surface area contributed by atoms with Gasteiger partial charge in [0.25, 0.3) is 0 Å². The third-order valence-corrected chi connectivity index (χ3v) is 3.32. The van der Waals surface area contributed by atoms with E-state index in [0.29, 0.717) is 22.6 Å². The molecule has 0 spiro atoms. The number of hydrogen-bond donors (Lipinski definition) is 0. The predicted molar refractivity (Wildman–Crippen MR) is 77.2 cm³/mol. The molecule has 0 fully saturated rings. The highest BCUT2D eigenvalue weighted by molar-refractivity contribution is 6.14. The third-order valence-electron chi connectivity index (χ3n) is 3.32. The normalized spacial score (nSPS) is 15.5. The maximum Gasteiger partial charge on any atom is 0.196 e. The Morgan fingerprint density at radius 1 is 1.19 bits per heavy atom. The van der Waals surface area contributed by atoms with Crippen LogP contribution in [0.2, 0.25) is 0 Å². The van der Waals surface area contributed by atoms with Gasteiger partial charge in [0, 0.05) is 5.57 Å². The Bertz CT molecular complexity index is 717. The molecule has 4 heteroatoms. The molecule has 2 aromatic rings. The molecule has 106 valence electrons. The zero-order chi connectivity index (χ0) is 14.8. The van der Waals surface area contributed by atoms with Gasteiger partial charge in [-0.3, -0.25) is 4.79 Å². The first-order valence-corrected chi connectivity index (χ1v) is 6.49. The smallest absolute Gasteiger partial charge is 0.196 e. The van der Waals surface area contributed by atoms with Gasteiger partial charge in [-0.25, -0.2) is 4.39 Å². The summed E-state index contributed by atoms with van der Waals surface area (Å²) >= 11 is 0. The number of ketones is 1. The second kappa shape index (κ2) is 5.40. The van der Waals surface area contributed by atoms with Gasteiger partial charge in [0.15, 0.2) is 5.78 Å². The van der Waals surface area contributed by atoms with Crippen LogP contribution in [0.5, 0.6) is 11.5 Å². The number of ether oxygens (including phenoxy) is 2. The number of methoxy groups -OCH3 is 1. The molecule has 0 amide bonds. The van der Waals surface area contributed by atoms with Gasteiger partial charge in [0.05, 0.1) is 12.7 Å². The first-order chi connectivity index (χ1) is 10.2. The average molecular weight is 284 g/mol. The fourth-order valence-corrected chi connectivity index (χ4v) is 2.20. The zero-order valence-corrected chi connectivity index (χ0v) is 11.4. The van der Waals surface area contributed by atoms with E-state index in [-0.39, 0.29) is 18.2 Å². The van der Waals surface area contributed by atoms with E-state index in [9.17, 15) is 9.18 Å². The molecule has 0 atom stereocenters. The summed E-state index contributed by atoms with van der Waals surface area (Å²) in [6, 6.07) is 11.1. The van der Waals surface area contributed by atoms with Crippen molar-refractivity contribution in [3.05, 3.63) is 65.0 Å². The number of benzene rings is 2. The lowest BCUT2D eigenvalue weighted by Crippen LogP contribution is -2.19. The van der Waals surface area contributed by atoms with Gasteiger partial charge in [-0.15, -0.1) is 0 Å². The maximum atomic E-state index is 12.9. The van der Waals surface area contributed by atoms with Crippen LogP contribution in [0, 0.1) is 5.82 Å². The minimum atomic E-state index is -0.307. The highest BCUT2D eigenvalue weighted by atomic mass is 19.1.